The van der Waals surface area contributed by atoms with Crippen molar-refractivity contribution in [2.75, 3.05) is 16.4 Å². The quantitative estimate of drug-likeness (QED) is 0.439. The fourth-order valence-electron chi connectivity index (χ4n) is 2.49. The van der Waals surface area contributed by atoms with E-state index in [1.807, 2.05) is 43.3 Å². The molecule has 3 aromatic rings. The van der Waals surface area contributed by atoms with Crippen molar-refractivity contribution in [1.29, 1.82) is 0 Å². The number of rotatable bonds is 6. The first-order valence-corrected chi connectivity index (χ1v) is 10.5. The van der Waals surface area contributed by atoms with Gasteiger partial charge in [0, 0.05) is 21.3 Å². The first-order valence-electron chi connectivity index (χ1n) is 8.76. The fraction of sp³-hybridized carbons (Fsp3) is 0.0909. The number of aryl methyl sites for hydroxylation is 1. The van der Waals surface area contributed by atoms with Crippen molar-refractivity contribution in [3.8, 4) is 0 Å². The third-order valence-corrected chi connectivity index (χ3v) is 5.55. The number of nitrogens with one attached hydrogen (secondary N) is 2. The molecule has 0 unspecified atom stereocenters. The van der Waals surface area contributed by atoms with Gasteiger partial charge in [-0.15, -0.1) is 11.8 Å². The second-order valence-electron chi connectivity index (χ2n) is 6.31. The summed E-state index contributed by atoms with van der Waals surface area (Å²) in [5.74, 6) is -0.0990. The summed E-state index contributed by atoms with van der Waals surface area (Å²) >= 11 is 13.3. The fourth-order valence-corrected chi connectivity index (χ4v) is 3.68. The lowest BCUT2D eigenvalue weighted by atomic mass is 10.2. The minimum absolute atomic E-state index is 0.0754. The Morgan fingerprint density at radius 3 is 2.14 bits per heavy atom. The van der Waals surface area contributed by atoms with Gasteiger partial charge < -0.3 is 10.6 Å². The van der Waals surface area contributed by atoms with Crippen LogP contribution in [0.1, 0.15) is 15.9 Å². The monoisotopic (exact) mass is 444 g/mol. The minimum atomic E-state index is -0.315. The van der Waals surface area contributed by atoms with E-state index in [0.717, 1.165) is 16.1 Å². The molecule has 0 aliphatic heterocycles. The lowest BCUT2D eigenvalue weighted by Gasteiger charge is -2.08. The van der Waals surface area contributed by atoms with Gasteiger partial charge in [-0.25, -0.2) is 0 Å². The second kappa shape index (κ2) is 9.83. The number of amides is 2. The van der Waals surface area contributed by atoms with Crippen LogP contribution in [0.3, 0.4) is 0 Å². The van der Waals surface area contributed by atoms with Crippen molar-refractivity contribution in [3.05, 3.63) is 87.9 Å². The van der Waals surface area contributed by atoms with E-state index in [4.69, 9.17) is 23.2 Å². The molecule has 0 radical (unpaired) electrons. The molecule has 29 heavy (non-hydrogen) atoms. The molecule has 0 saturated carbocycles. The maximum Gasteiger partial charge on any atom is 0.257 e. The van der Waals surface area contributed by atoms with Crippen molar-refractivity contribution in [2.45, 2.75) is 11.8 Å². The first-order chi connectivity index (χ1) is 13.9. The van der Waals surface area contributed by atoms with Crippen molar-refractivity contribution in [3.63, 3.8) is 0 Å². The van der Waals surface area contributed by atoms with Crippen LogP contribution in [0, 0.1) is 6.92 Å². The topological polar surface area (TPSA) is 58.2 Å². The van der Waals surface area contributed by atoms with Crippen molar-refractivity contribution < 1.29 is 9.59 Å². The Labute approximate surface area is 183 Å². The summed E-state index contributed by atoms with van der Waals surface area (Å²) in [6.07, 6.45) is 0. The number of thioether (sulfide) groups is 1. The van der Waals surface area contributed by atoms with Gasteiger partial charge in [-0.1, -0.05) is 40.9 Å². The second-order valence-corrected chi connectivity index (χ2v) is 8.20. The van der Waals surface area contributed by atoms with E-state index in [-0.39, 0.29) is 11.8 Å². The van der Waals surface area contributed by atoms with Gasteiger partial charge in [0.1, 0.15) is 0 Å². The van der Waals surface area contributed by atoms with Crippen molar-refractivity contribution in [1.82, 2.24) is 0 Å². The number of carbonyl (C=O) groups excluding carboxylic acids is 2. The molecular weight excluding hydrogens is 427 g/mol. The largest absolute Gasteiger partial charge is 0.325 e. The molecule has 0 heterocycles. The summed E-state index contributed by atoms with van der Waals surface area (Å²) < 4.78 is 0. The normalized spacial score (nSPS) is 10.4. The van der Waals surface area contributed by atoms with Gasteiger partial charge in [0.15, 0.2) is 0 Å². The van der Waals surface area contributed by atoms with Gasteiger partial charge in [-0.2, -0.15) is 0 Å². The molecule has 0 saturated heterocycles. The van der Waals surface area contributed by atoms with E-state index in [2.05, 4.69) is 10.6 Å². The highest BCUT2D eigenvalue weighted by molar-refractivity contribution is 8.00. The molecule has 7 heteroatoms. The number of anilines is 2. The van der Waals surface area contributed by atoms with Crippen LogP contribution in [0.4, 0.5) is 11.4 Å². The highest BCUT2D eigenvalue weighted by atomic mass is 35.5. The van der Waals surface area contributed by atoms with Crippen LogP contribution < -0.4 is 10.6 Å². The van der Waals surface area contributed by atoms with Gasteiger partial charge in [-0.3, -0.25) is 9.59 Å². The predicted octanol–water partition coefficient (Wildman–Crippen LogP) is 6.28. The number of carbonyl (C=O) groups is 2. The first kappa shape index (κ1) is 21.2. The van der Waals surface area contributed by atoms with Crippen LogP contribution in [0.15, 0.2) is 71.6 Å². The SMILES string of the molecule is Cc1ccc(NC(=O)CSc2ccc(NC(=O)c3ccc(Cl)cc3Cl)cc2)cc1. The van der Waals surface area contributed by atoms with E-state index in [9.17, 15) is 9.59 Å². The van der Waals surface area contributed by atoms with Gasteiger partial charge in [-0.05, 0) is 61.5 Å². The summed E-state index contributed by atoms with van der Waals surface area (Å²) in [6.45, 7) is 2.00. The van der Waals surface area contributed by atoms with E-state index < -0.39 is 0 Å². The summed E-state index contributed by atoms with van der Waals surface area (Å²) in [4.78, 5) is 25.4. The zero-order valence-corrected chi connectivity index (χ0v) is 17.9. The molecule has 0 fully saturated rings. The van der Waals surface area contributed by atoms with Crippen molar-refractivity contribution in [2.24, 2.45) is 0 Å². The molecule has 0 spiro atoms. The zero-order valence-electron chi connectivity index (χ0n) is 15.5. The third kappa shape index (κ3) is 6.26. The van der Waals surface area contributed by atoms with Crippen LogP contribution >= 0.6 is 35.0 Å². The van der Waals surface area contributed by atoms with Crippen LogP contribution in [-0.2, 0) is 4.79 Å². The smallest absolute Gasteiger partial charge is 0.257 e. The summed E-state index contributed by atoms with van der Waals surface area (Å²) in [7, 11) is 0. The molecule has 0 aliphatic carbocycles. The molecule has 2 N–H and O–H groups in total. The molecule has 0 atom stereocenters. The summed E-state index contributed by atoms with van der Waals surface area (Å²) in [5, 5.41) is 6.42. The lowest BCUT2D eigenvalue weighted by Crippen LogP contribution is -2.14. The van der Waals surface area contributed by atoms with E-state index in [1.165, 1.54) is 17.8 Å². The number of hydrogen-bond donors (Lipinski definition) is 2. The lowest BCUT2D eigenvalue weighted by molar-refractivity contribution is -0.113. The molecule has 0 aromatic heterocycles. The summed E-state index contributed by atoms with van der Waals surface area (Å²) in [5.41, 5.74) is 2.90. The van der Waals surface area contributed by atoms with E-state index in [0.29, 0.717) is 27.0 Å². The molecular formula is C22H18Cl2N2O2S. The van der Waals surface area contributed by atoms with E-state index in [1.54, 1.807) is 24.3 Å². The maximum absolute atomic E-state index is 12.3. The number of halogens is 2. The molecule has 4 nitrogen and oxygen atoms in total. The standard InChI is InChI=1S/C22H18Cl2N2O2S/c1-14-2-5-16(6-3-14)25-21(27)13-29-18-9-7-17(8-10-18)26-22(28)19-11-4-15(23)12-20(19)24/h2-12H,13H2,1H3,(H,25,27)(H,26,28). The van der Waals surface area contributed by atoms with E-state index >= 15 is 0 Å². The predicted molar refractivity (Wildman–Crippen MR) is 121 cm³/mol. The van der Waals surface area contributed by atoms with Crippen LogP contribution in [0.2, 0.25) is 10.0 Å². The van der Waals surface area contributed by atoms with Gasteiger partial charge in [0.05, 0.1) is 16.3 Å². The van der Waals surface area contributed by atoms with Crippen LogP contribution in [0.25, 0.3) is 0 Å². The highest BCUT2D eigenvalue weighted by Crippen LogP contribution is 2.24. The Bertz CT molecular complexity index is 1020. The summed E-state index contributed by atoms with van der Waals surface area (Å²) in [6, 6.07) is 19.6. The highest BCUT2D eigenvalue weighted by Gasteiger charge is 2.11. The van der Waals surface area contributed by atoms with Gasteiger partial charge in [0.2, 0.25) is 5.91 Å². The molecule has 2 amide bonds. The number of hydrogen-bond acceptors (Lipinski definition) is 3. The Morgan fingerprint density at radius 1 is 0.862 bits per heavy atom. The molecule has 148 valence electrons. The van der Waals surface area contributed by atoms with Gasteiger partial charge in [0.25, 0.3) is 5.91 Å². The molecule has 0 bridgehead atoms. The third-order valence-electron chi connectivity index (χ3n) is 3.99. The molecule has 3 rings (SSSR count). The molecule has 0 aliphatic rings. The molecule has 3 aromatic carbocycles. The number of benzene rings is 3. The Hall–Kier alpha value is -2.47. The zero-order chi connectivity index (χ0) is 20.8. The van der Waals surface area contributed by atoms with Crippen LogP contribution in [0.5, 0.6) is 0 Å². The Balaban J connectivity index is 1.52. The maximum atomic E-state index is 12.3. The van der Waals surface area contributed by atoms with Crippen molar-refractivity contribution >= 4 is 58.2 Å². The minimum Gasteiger partial charge on any atom is -0.325 e. The van der Waals surface area contributed by atoms with Gasteiger partial charge >= 0.3 is 0 Å². The Kier molecular flexibility index (Phi) is 7.20. The Morgan fingerprint density at radius 2 is 1.48 bits per heavy atom. The van der Waals surface area contributed by atoms with Crippen LogP contribution in [-0.4, -0.2) is 17.6 Å². The average Bonchev–Trinajstić information content (AvgIpc) is 2.69. The average molecular weight is 445 g/mol.